The minimum atomic E-state index is -1.22. The number of ether oxygens (including phenoxy) is 1. The predicted octanol–water partition coefficient (Wildman–Crippen LogP) is 4.32. The molecular formula is C22H17Br2N3O4S. The largest absolute Gasteiger partial charge is 0.468 e. The van der Waals surface area contributed by atoms with Crippen LogP contribution in [0.5, 0.6) is 0 Å². The number of nitrogens with zero attached hydrogens (tertiary/aromatic N) is 1. The molecule has 2 aromatic rings. The molecule has 2 amide bonds. The van der Waals surface area contributed by atoms with Crippen LogP contribution in [0.25, 0.3) is 0 Å². The van der Waals surface area contributed by atoms with Crippen LogP contribution in [0.3, 0.4) is 0 Å². The highest BCUT2D eigenvalue weighted by molar-refractivity contribution is 9.10. The third kappa shape index (κ3) is 5.59. The van der Waals surface area contributed by atoms with Crippen molar-refractivity contribution in [2.45, 2.75) is 5.92 Å². The second kappa shape index (κ2) is 10.8. The molecule has 1 aliphatic heterocycles. The fourth-order valence-corrected chi connectivity index (χ4v) is 4.78. The number of hydrogen-bond donors (Lipinski definition) is 2. The summed E-state index contributed by atoms with van der Waals surface area (Å²) in [5, 5.41) is 15.5. The number of allylic oxidation sites excluding steroid dienone is 1. The highest BCUT2D eigenvalue weighted by Gasteiger charge is 2.44. The minimum Gasteiger partial charge on any atom is -0.468 e. The van der Waals surface area contributed by atoms with Crippen molar-refractivity contribution in [3.05, 3.63) is 73.6 Å². The topological polar surface area (TPSA) is 108 Å². The number of carbonyl (C=O) groups excluding carboxylic acids is 3. The zero-order valence-corrected chi connectivity index (χ0v) is 20.7. The summed E-state index contributed by atoms with van der Waals surface area (Å²) in [6, 6.07) is 16.3. The number of carbonyl (C=O) groups is 3. The molecular weight excluding hydrogens is 562 g/mol. The first-order valence-corrected chi connectivity index (χ1v) is 11.9. The van der Waals surface area contributed by atoms with Crippen molar-refractivity contribution in [3.63, 3.8) is 0 Å². The SMILES string of the molecule is COC(=O)[C@@H]1C(=O)NC(SCC(=O)Nc2ccc(Br)cc2)=C(C#N)[C@H]1c1cccc(Br)c1. The van der Waals surface area contributed by atoms with Gasteiger partial charge in [0, 0.05) is 20.6 Å². The summed E-state index contributed by atoms with van der Waals surface area (Å²) in [5.41, 5.74) is 1.43. The maximum absolute atomic E-state index is 12.8. The number of rotatable bonds is 6. The van der Waals surface area contributed by atoms with Gasteiger partial charge in [0.25, 0.3) is 0 Å². The van der Waals surface area contributed by atoms with E-state index in [0.29, 0.717) is 11.3 Å². The summed E-state index contributed by atoms with van der Waals surface area (Å²) in [4.78, 5) is 37.6. The smallest absolute Gasteiger partial charge is 0.319 e. The first kappa shape index (κ1) is 24.0. The van der Waals surface area contributed by atoms with Crippen molar-refractivity contribution in [1.29, 1.82) is 5.26 Å². The van der Waals surface area contributed by atoms with Crippen LogP contribution in [-0.2, 0) is 19.1 Å². The van der Waals surface area contributed by atoms with Crippen molar-refractivity contribution in [3.8, 4) is 6.07 Å². The van der Waals surface area contributed by atoms with Gasteiger partial charge in [0.1, 0.15) is 5.92 Å². The first-order valence-electron chi connectivity index (χ1n) is 9.30. The minimum absolute atomic E-state index is 0.0368. The van der Waals surface area contributed by atoms with Gasteiger partial charge in [-0.3, -0.25) is 14.4 Å². The lowest BCUT2D eigenvalue weighted by Gasteiger charge is -2.31. The van der Waals surface area contributed by atoms with Crippen LogP contribution in [0.1, 0.15) is 11.5 Å². The molecule has 0 radical (unpaired) electrons. The number of halogens is 2. The number of thioether (sulfide) groups is 1. The van der Waals surface area contributed by atoms with Gasteiger partial charge < -0.3 is 15.4 Å². The van der Waals surface area contributed by atoms with Gasteiger partial charge in [-0.2, -0.15) is 5.26 Å². The molecule has 7 nitrogen and oxygen atoms in total. The number of amides is 2. The van der Waals surface area contributed by atoms with E-state index in [4.69, 9.17) is 4.74 Å². The molecule has 1 heterocycles. The van der Waals surface area contributed by atoms with E-state index in [1.165, 1.54) is 7.11 Å². The van der Waals surface area contributed by atoms with Crippen molar-refractivity contribution >= 4 is 67.1 Å². The molecule has 0 saturated heterocycles. The maximum Gasteiger partial charge on any atom is 0.319 e. The van der Waals surface area contributed by atoms with Crippen LogP contribution in [0, 0.1) is 17.2 Å². The fourth-order valence-electron chi connectivity index (χ4n) is 3.25. The summed E-state index contributed by atoms with van der Waals surface area (Å²) in [6.07, 6.45) is 0. The van der Waals surface area contributed by atoms with Crippen molar-refractivity contribution in [1.82, 2.24) is 5.32 Å². The summed E-state index contributed by atoms with van der Waals surface area (Å²) in [7, 11) is 1.19. The zero-order valence-electron chi connectivity index (χ0n) is 16.7. The Balaban J connectivity index is 1.88. The fraction of sp³-hybridized carbons (Fsp3) is 0.182. The molecule has 2 N–H and O–H groups in total. The summed E-state index contributed by atoms with van der Waals surface area (Å²) < 4.78 is 6.45. The van der Waals surface area contributed by atoms with Gasteiger partial charge in [0.05, 0.1) is 29.5 Å². The van der Waals surface area contributed by atoms with Gasteiger partial charge >= 0.3 is 5.97 Å². The number of benzene rings is 2. The lowest BCUT2D eigenvalue weighted by atomic mass is 9.78. The number of anilines is 1. The molecule has 0 saturated carbocycles. The quantitative estimate of drug-likeness (QED) is 0.390. The maximum atomic E-state index is 12.8. The third-order valence-corrected chi connectivity index (χ3v) is 6.71. The Morgan fingerprint density at radius 1 is 1.19 bits per heavy atom. The molecule has 0 fully saturated rings. The highest BCUT2D eigenvalue weighted by atomic mass is 79.9. The number of methoxy groups -OCH3 is 1. The summed E-state index contributed by atoms with van der Waals surface area (Å²) in [5.74, 6) is -3.72. The Kier molecular flexibility index (Phi) is 8.12. The Morgan fingerprint density at radius 3 is 2.53 bits per heavy atom. The van der Waals surface area contributed by atoms with Crippen LogP contribution in [0.2, 0.25) is 0 Å². The molecule has 0 bridgehead atoms. The summed E-state index contributed by atoms with van der Waals surface area (Å²) >= 11 is 7.75. The number of nitrogens with one attached hydrogen (secondary N) is 2. The molecule has 2 atom stereocenters. The molecule has 0 unspecified atom stereocenters. The number of nitriles is 1. The Labute approximate surface area is 205 Å². The molecule has 0 aromatic heterocycles. The molecule has 32 heavy (non-hydrogen) atoms. The Hall–Kier alpha value is -2.61. The molecule has 2 aromatic carbocycles. The van der Waals surface area contributed by atoms with Crippen LogP contribution in [0.15, 0.2) is 68.1 Å². The molecule has 0 spiro atoms. The van der Waals surface area contributed by atoms with E-state index >= 15 is 0 Å². The van der Waals surface area contributed by atoms with Gasteiger partial charge in [0.15, 0.2) is 0 Å². The van der Waals surface area contributed by atoms with Gasteiger partial charge in [-0.05, 0) is 42.0 Å². The second-order valence-corrected chi connectivity index (χ2v) is 9.54. The number of hydrogen-bond acceptors (Lipinski definition) is 6. The Bertz CT molecular complexity index is 1130. The molecule has 3 rings (SSSR count). The normalized spacial score (nSPS) is 17.9. The van der Waals surface area contributed by atoms with Crippen LogP contribution in [0.4, 0.5) is 5.69 Å². The second-order valence-electron chi connectivity index (χ2n) is 6.72. The van der Waals surface area contributed by atoms with E-state index in [1.54, 1.807) is 48.5 Å². The van der Waals surface area contributed by atoms with Gasteiger partial charge in [-0.15, -0.1) is 0 Å². The van der Waals surface area contributed by atoms with Crippen LogP contribution >= 0.6 is 43.6 Å². The van der Waals surface area contributed by atoms with Crippen molar-refractivity contribution in [2.75, 3.05) is 18.2 Å². The van der Waals surface area contributed by atoms with Crippen LogP contribution in [-0.4, -0.2) is 30.6 Å². The standard InChI is InChI=1S/C22H17Br2N3O4S/c1-31-22(30)19-18(12-3-2-4-14(24)9-12)16(10-25)21(27-20(19)29)32-11-17(28)26-15-7-5-13(23)6-8-15/h2-9,18-19H,11H2,1H3,(H,26,28)(H,27,29)/t18-,19+/m1/s1. The lowest BCUT2D eigenvalue weighted by Crippen LogP contribution is -2.44. The monoisotopic (exact) mass is 577 g/mol. The third-order valence-electron chi connectivity index (χ3n) is 4.67. The van der Waals surface area contributed by atoms with E-state index in [1.807, 2.05) is 0 Å². The Morgan fingerprint density at radius 2 is 1.91 bits per heavy atom. The highest BCUT2D eigenvalue weighted by Crippen LogP contribution is 2.40. The average molecular weight is 579 g/mol. The first-order chi connectivity index (χ1) is 15.3. The van der Waals surface area contributed by atoms with Gasteiger partial charge in [-0.1, -0.05) is 55.8 Å². The lowest BCUT2D eigenvalue weighted by molar-refractivity contribution is -0.150. The zero-order chi connectivity index (χ0) is 23.3. The van der Waals surface area contributed by atoms with E-state index in [0.717, 1.165) is 20.7 Å². The molecule has 0 aliphatic carbocycles. The van der Waals surface area contributed by atoms with E-state index in [9.17, 15) is 19.6 Å². The molecule has 1 aliphatic rings. The predicted molar refractivity (Wildman–Crippen MR) is 128 cm³/mol. The van der Waals surface area contributed by atoms with Crippen molar-refractivity contribution < 1.29 is 19.1 Å². The van der Waals surface area contributed by atoms with E-state index in [-0.39, 0.29) is 22.3 Å². The van der Waals surface area contributed by atoms with E-state index in [2.05, 4.69) is 48.6 Å². The van der Waals surface area contributed by atoms with E-state index < -0.39 is 23.7 Å². The molecule has 164 valence electrons. The molecule has 10 heteroatoms. The van der Waals surface area contributed by atoms with Gasteiger partial charge in [-0.25, -0.2) is 0 Å². The summed E-state index contributed by atoms with van der Waals surface area (Å²) in [6.45, 7) is 0. The number of esters is 1. The van der Waals surface area contributed by atoms with Crippen molar-refractivity contribution in [2.24, 2.45) is 5.92 Å². The average Bonchev–Trinajstić information content (AvgIpc) is 2.78. The van der Waals surface area contributed by atoms with Crippen LogP contribution < -0.4 is 10.6 Å². The van der Waals surface area contributed by atoms with Gasteiger partial charge in [0.2, 0.25) is 11.8 Å².